The highest BCUT2D eigenvalue weighted by Gasteiger charge is 2.10. The summed E-state index contributed by atoms with van der Waals surface area (Å²) in [5, 5.41) is 3.54. The number of ether oxygens (including phenoxy) is 2. The second-order valence-corrected chi connectivity index (χ2v) is 7.40. The zero-order valence-corrected chi connectivity index (χ0v) is 16.7. The summed E-state index contributed by atoms with van der Waals surface area (Å²) in [6, 6.07) is 11.9. The average molecular weight is 385 g/mol. The molecule has 0 spiro atoms. The smallest absolute Gasteiger partial charge is 0.226 e. The van der Waals surface area contributed by atoms with Crippen LogP contribution in [0.25, 0.3) is 10.2 Å². The number of thiazole rings is 1. The molecule has 3 aromatic rings. The number of anilines is 1. The van der Waals surface area contributed by atoms with Crippen LogP contribution in [0, 0.1) is 6.92 Å². The highest BCUT2D eigenvalue weighted by atomic mass is 32.1. The fraction of sp³-hybridized carbons (Fsp3) is 0.333. The molecule has 3 rings (SSSR count). The monoisotopic (exact) mass is 384 g/mol. The third kappa shape index (κ3) is 4.98. The lowest BCUT2D eigenvalue weighted by molar-refractivity contribution is -0.116. The van der Waals surface area contributed by atoms with E-state index in [2.05, 4.69) is 23.3 Å². The molecule has 0 aliphatic carbocycles. The Balaban J connectivity index is 1.59. The number of carbonyl (C=O) groups excluding carboxylic acids is 1. The van der Waals surface area contributed by atoms with Gasteiger partial charge in [0.25, 0.3) is 0 Å². The standard InChI is InChI=1S/C21H24N2O3S/c1-4-11-26-17-9-6-15(13-18(17)25-3)7-10-20(24)23-21-22-16-8-5-14(2)12-19(16)27-21/h5-6,8-9,12-13H,4,7,10-11H2,1-3H3,(H,22,23,24). The lowest BCUT2D eigenvalue weighted by atomic mass is 10.1. The lowest BCUT2D eigenvalue weighted by Crippen LogP contribution is -2.12. The minimum absolute atomic E-state index is 0.0453. The molecule has 1 aromatic heterocycles. The SMILES string of the molecule is CCCOc1ccc(CCC(=O)Nc2nc3ccc(C)cc3s2)cc1OC. The normalized spacial score (nSPS) is 10.8. The van der Waals surface area contributed by atoms with Crippen LogP contribution in [0.4, 0.5) is 5.13 Å². The first-order valence-electron chi connectivity index (χ1n) is 9.06. The minimum Gasteiger partial charge on any atom is -0.493 e. The molecule has 0 unspecified atom stereocenters. The van der Waals surface area contributed by atoms with Gasteiger partial charge in [-0.25, -0.2) is 4.98 Å². The number of amides is 1. The van der Waals surface area contributed by atoms with Gasteiger partial charge >= 0.3 is 0 Å². The summed E-state index contributed by atoms with van der Waals surface area (Å²) >= 11 is 1.50. The van der Waals surface area contributed by atoms with Crippen LogP contribution in [-0.2, 0) is 11.2 Å². The van der Waals surface area contributed by atoms with E-state index in [0.29, 0.717) is 30.3 Å². The molecule has 0 fully saturated rings. The first kappa shape index (κ1) is 19.2. The van der Waals surface area contributed by atoms with Crippen LogP contribution in [0.15, 0.2) is 36.4 Å². The molecule has 142 valence electrons. The van der Waals surface area contributed by atoms with Crippen LogP contribution in [0.2, 0.25) is 0 Å². The number of carbonyl (C=O) groups is 1. The highest BCUT2D eigenvalue weighted by Crippen LogP contribution is 2.29. The highest BCUT2D eigenvalue weighted by molar-refractivity contribution is 7.22. The Bertz CT molecular complexity index is 936. The molecule has 0 radical (unpaired) electrons. The Kier molecular flexibility index (Phi) is 6.29. The summed E-state index contributed by atoms with van der Waals surface area (Å²) in [5.41, 5.74) is 3.13. The van der Waals surface area contributed by atoms with Crippen molar-refractivity contribution < 1.29 is 14.3 Å². The number of rotatable bonds is 8. The first-order chi connectivity index (χ1) is 13.1. The summed E-state index contributed by atoms with van der Waals surface area (Å²) in [5.74, 6) is 1.39. The van der Waals surface area contributed by atoms with E-state index in [9.17, 15) is 4.79 Å². The van der Waals surface area contributed by atoms with Gasteiger partial charge in [-0.3, -0.25) is 4.79 Å². The van der Waals surface area contributed by atoms with Crippen LogP contribution in [0.1, 0.15) is 30.9 Å². The van der Waals surface area contributed by atoms with Crippen LogP contribution < -0.4 is 14.8 Å². The minimum atomic E-state index is -0.0453. The largest absolute Gasteiger partial charge is 0.493 e. The number of fused-ring (bicyclic) bond motifs is 1. The molecule has 1 amide bonds. The van der Waals surface area contributed by atoms with Gasteiger partial charge in [-0.2, -0.15) is 0 Å². The number of benzene rings is 2. The van der Waals surface area contributed by atoms with Crippen molar-refractivity contribution in [3.63, 3.8) is 0 Å². The van der Waals surface area contributed by atoms with Gasteiger partial charge in [0.15, 0.2) is 16.6 Å². The molecule has 5 nitrogen and oxygen atoms in total. The van der Waals surface area contributed by atoms with E-state index in [4.69, 9.17) is 9.47 Å². The molecule has 1 N–H and O–H groups in total. The van der Waals surface area contributed by atoms with Gasteiger partial charge in [-0.05, 0) is 55.2 Å². The van der Waals surface area contributed by atoms with Gasteiger partial charge < -0.3 is 14.8 Å². The van der Waals surface area contributed by atoms with Gasteiger partial charge in [0, 0.05) is 6.42 Å². The van der Waals surface area contributed by atoms with Crippen LogP contribution in [0.5, 0.6) is 11.5 Å². The Morgan fingerprint density at radius 1 is 1.19 bits per heavy atom. The third-order valence-electron chi connectivity index (χ3n) is 4.12. The number of hydrogen-bond acceptors (Lipinski definition) is 5. The molecule has 1 heterocycles. The molecule has 0 saturated heterocycles. The number of methoxy groups -OCH3 is 1. The molecule has 2 aromatic carbocycles. The molecule has 27 heavy (non-hydrogen) atoms. The van der Waals surface area contributed by atoms with Gasteiger partial charge in [-0.15, -0.1) is 0 Å². The van der Waals surface area contributed by atoms with Crippen molar-refractivity contribution in [1.82, 2.24) is 4.98 Å². The molecule has 6 heteroatoms. The Morgan fingerprint density at radius 2 is 2.04 bits per heavy atom. The quantitative estimate of drug-likeness (QED) is 0.595. The fourth-order valence-electron chi connectivity index (χ4n) is 2.72. The van der Waals surface area contributed by atoms with E-state index >= 15 is 0 Å². The van der Waals surface area contributed by atoms with E-state index < -0.39 is 0 Å². The Hall–Kier alpha value is -2.60. The Morgan fingerprint density at radius 3 is 2.81 bits per heavy atom. The van der Waals surface area contributed by atoms with E-state index in [0.717, 1.165) is 28.0 Å². The maximum atomic E-state index is 12.3. The number of hydrogen-bond donors (Lipinski definition) is 1. The molecule has 0 bridgehead atoms. The molecule has 0 atom stereocenters. The summed E-state index contributed by atoms with van der Waals surface area (Å²) < 4.78 is 12.1. The molecule has 0 saturated carbocycles. The van der Waals surface area contributed by atoms with Gasteiger partial charge in [0.05, 0.1) is 23.9 Å². The van der Waals surface area contributed by atoms with Crippen LogP contribution in [0.3, 0.4) is 0 Å². The van der Waals surface area contributed by atoms with Crippen LogP contribution >= 0.6 is 11.3 Å². The lowest BCUT2D eigenvalue weighted by Gasteiger charge is -2.11. The zero-order valence-electron chi connectivity index (χ0n) is 15.9. The maximum Gasteiger partial charge on any atom is 0.226 e. The predicted molar refractivity (Wildman–Crippen MR) is 110 cm³/mol. The maximum absolute atomic E-state index is 12.3. The molecule has 0 aliphatic rings. The number of aromatic nitrogens is 1. The van der Waals surface area contributed by atoms with Crippen molar-refractivity contribution in [2.75, 3.05) is 19.0 Å². The topological polar surface area (TPSA) is 60.5 Å². The van der Waals surface area contributed by atoms with E-state index in [1.807, 2.05) is 37.3 Å². The van der Waals surface area contributed by atoms with Crippen molar-refractivity contribution in [3.05, 3.63) is 47.5 Å². The van der Waals surface area contributed by atoms with Crippen LogP contribution in [-0.4, -0.2) is 24.6 Å². The summed E-state index contributed by atoms with van der Waals surface area (Å²) in [4.78, 5) is 16.8. The second kappa shape index (κ2) is 8.86. The predicted octanol–water partition coefficient (Wildman–Crippen LogP) is 4.97. The Labute approximate surface area is 163 Å². The number of nitrogens with one attached hydrogen (secondary N) is 1. The molecular weight excluding hydrogens is 360 g/mol. The summed E-state index contributed by atoms with van der Waals surface area (Å²) in [6.45, 7) is 4.76. The summed E-state index contributed by atoms with van der Waals surface area (Å²) in [7, 11) is 1.62. The van der Waals surface area contributed by atoms with Crippen molar-refractivity contribution in [2.24, 2.45) is 0 Å². The summed E-state index contributed by atoms with van der Waals surface area (Å²) in [6.07, 6.45) is 1.95. The third-order valence-corrected chi connectivity index (χ3v) is 5.05. The first-order valence-corrected chi connectivity index (χ1v) is 9.87. The van der Waals surface area contributed by atoms with Gasteiger partial charge in [-0.1, -0.05) is 30.4 Å². The molecular formula is C21H24N2O3S. The van der Waals surface area contributed by atoms with Gasteiger partial charge in [0.1, 0.15) is 0 Å². The number of aryl methyl sites for hydroxylation is 2. The second-order valence-electron chi connectivity index (χ2n) is 6.37. The number of nitrogens with zero attached hydrogens (tertiary/aromatic N) is 1. The molecule has 0 aliphatic heterocycles. The zero-order chi connectivity index (χ0) is 19.2. The average Bonchev–Trinajstić information content (AvgIpc) is 3.06. The van der Waals surface area contributed by atoms with Crippen molar-refractivity contribution in [2.45, 2.75) is 33.1 Å². The van der Waals surface area contributed by atoms with Gasteiger partial charge in [0.2, 0.25) is 5.91 Å². The van der Waals surface area contributed by atoms with E-state index in [-0.39, 0.29) is 5.91 Å². The van der Waals surface area contributed by atoms with Crippen molar-refractivity contribution >= 4 is 32.6 Å². The van der Waals surface area contributed by atoms with Crippen molar-refractivity contribution in [1.29, 1.82) is 0 Å². The fourth-order valence-corrected chi connectivity index (χ4v) is 3.70. The van der Waals surface area contributed by atoms with E-state index in [1.165, 1.54) is 16.9 Å². The van der Waals surface area contributed by atoms with Crippen molar-refractivity contribution in [3.8, 4) is 11.5 Å². The van der Waals surface area contributed by atoms with E-state index in [1.54, 1.807) is 7.11 Å².